The Balaban J connectivity index is 1.85. The minimum Gasteiger partial charge on any atom is -0.493 e. The third-order valence-electron chi connectivity index (χ3n) is 5.54. The number of aromatic nitrogens is 1. The van der Waals surface area contributed by atoms with Crippen molar-refractivity contribution < 1.29 is 32.3 Å². The Morgan fingerprint density at radius 2 is 1.91 bits per heavy atom. The van der Waals surface area contributed by atoms with Gasteiger partial charge in [-0.2, -0.15) is 18.4 Å². The molecule has 2 amide bonds. The zero-order chi connectivity index (χ0) is 25.3. The zero-order valence-corrected chi connectivity index (χ0v) is 17.8. The number of carbonyl (C=O) groups excluding carboxylic acids is 2. The summed E-state index contributed by atoms with van der Waals surface area (Å²) in [6.07, 6.45) is -3.68. The predicted molar refractivity (Wildman–Crippen MR) is 115 cm³/mol. The van der Waals surface area contributed by atoms with Crippen molar-refractivity contribution in [1.29, 1.82) is 5.26 Å². The number of benzene rings is 2. The average molecular weight is 484 g/mol. The molecule has 0 fully saturated rings. The van der Waals surface area contributed by atoms with E-state index in [1.807, 2.05) is 0 Å². The lowest BCUT2D eigenvalue weighted by Crippen LogP contribution is -2.49. The van der Waals surface area contributed by atoms with Crippen molar-refractivity contribution in [2.45, 2.75) is 18.1 Å². The number of hydrogen-bond donors (Lipinski definition) is 2. The topological polar surface area (TPSA) is 106 Å². The Bertz CT molecular complexity index is 1340. The molecule has 2 atom stereocenters. The molecule has 178 valence electrons. The number of carbonyl (C=O) groups is 2. The Hall–Kier alpha value is -4.46. The van der Waals surface area contributed by atoms with Crippen LogP contribution in [0.4, 0.5) is 23.2 Å². The number of rotatable bonds is 4. The van der Waals surface area contributed by atoms with Gasteiger partial charge in [0, 0.05) is 23.5 Å². The van der Waals surface area contributed by atoms with Crippen molar-refractivity contribution in [2.24, 2.45) is 0 Å². The van der Waals surface area contributed by atoms with E-state index >= 15 is 0 Å². The van der Waals surface area contributed by atoms with Crippen LogP contribution in [0.5, 0.6) is 5.88 Å². The smallest absolute Gasteiger partial charge is 0.406 e. The fourth-order valence-electron chi connectivity index (χ4n) is 4.10. The molecule has 2 heterocycles. The van der Waals surface area contributed by atoms with Crippen molar-refractivity contribution >= 4 is 17.5 Å². The molecule has 0 aliphatic carbocycles. The van der Waals surface area contributed by atoms with Crippen molar-refractivity contribution in [2.75, 3.05) is 11.9 Å². The van der Waals surface area contributed by atoms with E-state index in [2.05, 4.69) is 10.3 Å². The summed E-state index contributed by atoms with van der Waals surface area (Å²) in [4.78, 5) is 30.9. The lowest BCUT2D eigenvalue weighted by atomic mass is 9.79. The SMILES string of the molecule is N#Cc1cc(NC(=O)[C@H]2c3ccccc3C(=O)N(CC(F)(F)F)C2c2ccc(O)nc2)ccc1F. The van der Waals surface area contributed by atoms with Crippen molar-refractivity contribution in [3.8, 4) is 11.9 Å². The van der Waals surface area contributed by atoms with Crippen LogP contribution in [-0.4, -0.2) is 39.5 Å². The molecule has 3 aromatic rings. The summed E-state index contributed by atoms with van der Waals surface area (Å²) in [5, 5.41) is 21.1. The van der Waals surface area contributed by atoms with Gasteiger partial charge in [-0.3, -0.25) is 9.59 Å². The Labute approximate surface area is 196 Å². The third kappa shape index (κ3) is 4.77. The first kappa shape index (κ1) is 23.7. The molecule has 1 unspecified atom stereocenters. The number of aromatic hydroxyl groups is 1. The van der Waals surface area contributed by atoms with Crippen LogP contribution in [0.15, 0.2) is 60.8 Å². The number of fused-ring (bicyclic) bond motifs is 1. The van der Waals surface area contributed by atoms with Gasteiger partial charge in [-0.05, 0) is 35.4 Å². The van der Waals surface area contributed by atoms with Gasteiger partial charge in [0.25, 0.3) is 5.91 Å². The van der Waals surface area contributed by atoms with E-state index in [4.69, 9.17) is 5.26 Å². The fraction of sp³-hybridized carbons (Fsp3) is 0.167. The van der Waals surface area contributed by atoms with E-state index in [1.54, 1.807) is 12.1 Å². The van der Waals surface area contributed by atoms with Gasteiger partial charge in [-0.1, -0.05) is 24.3 Å². The van der Waals surface area contributed by atoms with Crippen LogP contribution in [0, 0.1) is 17.1 Å². The zero-order valence-electron chi connectivity index (χ0n) is 17.8. The maximum absolute atomic E-state index is 13.7. The summed E-state index contributed by atoms with van der Waals surface area (Å²) in [6, 6.07) is 11.7. The van der Waals surface area contributed by atoms with E-state index in [0.29, 0.717) is 4.90 Å². The first-order valence-corrected chi connectivity index (χ1v) is 10.2. The Morgan fingerprint density at radius 1 is 1.17 bits per heavy atom. The van der Waals surface area contributed by atoms with Crippen molar-refractivity contribution in [3.63, 3.8) is 0 Å². The largest absolute Gasteiger partial charge is 0.493 e. The summed E-state index contributed by atoms with van der Waals surface area (Å²) < 4.78 is 54.3. The second-order valence-corrected chi connectivity index (χ2v) is 7.80. The lowest BCUT2D eigenvalue weighted by molar-refractivity contribution is -0.148. The van der Waals surface area contributed by atoms with Gasteiger partial charge in [0.05, 0.1) is 17.5 Å². The van der Waals surface area contributed by atoms with Gasteiger partial charge >= 0.3 is 6.18 Å². The van der Waals surface area contributed by atoms with Crippen LogP contribution >= 0.6 is 0 Å². The maximum Gasteiger partial charge on any atom is 0.406 e. The molecule has 2 aromatic carbocycles. The quantitative estimate of drug-likeness (QED) is 0.538. The molecule has 0 spiro atoms. The highest BCUT2D eigenvalue weighted by Gasteiger charge is 2.47. The highest BCUT2D eigenvalue weighted by molar-refractivity contribution is 6.04. The summed E-state index contributed by atoms with van der Waals surface area (Å²) >= 11 is 0. The van der Waals surface area contributed by atoms with Gasteiger partial charge < -0.3 is 15.3 Å². The molecule has 35 heavy (non-hydrogen) atoms. The molecule has 1 aromatic heterocycles. The second kappa shape index (κ2) is 9.06. The van der Waals surface area contributed by atoms with Crippen LogP contribution in [0.1, 0.15) is 39.0 Å². The first-order chi connectivity index (χ1) is 16.6. The molecule has 11 heteroatoms. The number of halogens is 4. The summed E-state index contributed by atoms with van der Waals surface area (Å²) in [6.45, 7) is -1.63. The van der Waals surface area contributed by atoms with Crippen molar-refractivity contribution in [3.05, 3.63) is 88.9 Å². The first-order valence-electron chi connectivity index (χ1n) is 10.2. The minimum absolute atomic E-state index is 0.0484. The Morgan fingerprint density at radius 3 is 2.57 bits per heavy atom. The lowest BCUT2D eigenvalue weighted by Gasteiger charge is -2.41. The molecule has 0 bridgehead atoms. The molecule has 4 rings (SSSR count). The second-order valence-electron chi connectivity index (χ2n) is 7.80. The van der Waals surface area contributed by atoms with E-state index in [9.17, 15) is 32.3 Å². The van der Waals surface area contributed by atoms with Crippen LogP contribution in [0.3, 0.4) is 0 Å². The number of nitrogens with one attached hydrogen (secondary N) is 1. The fourth-order valence-corrected chi connectivity index (χ4v) is 4.10. The molecule has 2 N–H and O–H groups in total. The monoisotopic (exact) mass is 484 g/mol. The van der Waals surface area contributed by atoms with Crippen LogP contribution in [0.25, 0.3) is 0 Å². The number of alkyl halides is 3. The molecule has 0 saturated heterocycles. The van der Waals surface area contributed by atoms with E-state index < -0.39 is 48.2 Å². The number of nitrogens with zero attached hydrogens (tertiary/aromatic N) is 3. The molecular formula is C24H16F4N4O3. The molecule has 0 radical (unpaired) electrons. The molecule has 1 aliphatic rings. The normalized spacial score (nSPS) is 17.5. The molecular weight excluding hydrogens is 468 g/mol. The number of amides is 2. The van der Waals surface area contributed by atoms with Crippen LogP contribution in [0.2, 0.25) is 0 Å². The van der Waals surface area contributed by atoms with Gasteiger partial charge in [0.1, 0.15) is 18.4 Å². The third-order valence-corrected chi connectivity index (χ3v) is 5.54. The average Bonchev–Trinajstić information content (AvgIpc) is 2.81. The molecule has 7 nitrogen and oxygen atoms in total. The summed E-state index contributed by atoms with van der Waals surface area (Å²) in [7, 11) is 0. The molecule has 1 aliphatic heterocycles. The van der Waals surface area contributed by atoms with Crippen molar-refractivity contribution in [1.82, 2.24) is 9.88 Å². The minimum atomic E-state index is -4.77. The van der Waals surface area contributed by atoms with Gasteiger partial charge in [-0.25, -0.2) is 9.37 Å². The molecule has 0 saturated carbocycles. The van der Waals surface area contributed by atoms with Gasteiger partial charge in [0.2, 0.25) is 11.8 Å². The predicted octanol–water partition coefficient (Wildman–Crippen LogP) is 4.28. The van der Waals surface area contributed by atoms with E-state index in [0.717, 1.165) is 24.4 Å². The van der Waals surface area contributed by atoms with Crippen LogP contribution in [-0.2, 0) is 4.79 Å². The van der Waals surface area contributed by atoms with Gasteiger partial charge in [0.15, 0.2) is 0 Å². The van der Waals surface area contributed by atoms with E-state index in [1.165, 1.54) is 30.3 Å². The Kier molecular flexibility index (Phi) is 6.13. The highest BCUT2D eigenvalue weighted by Crippen LogP contribution is 2.44. The number of hydrogen-bond acceptors (Lipinski definition) is 5. The summed E-state index contributed by atoms with van der Waals surface area (Å²) in [5.41, 5.74) is -0.0787. The number of nitriles is 1. The number of pyridine rings is 1. The maximum atomic E-state index is 13.7. The standard InChI is InChI=1S/C24H16F4N4O3/c25-18-7-6-15(9-14(18)10-29)31-22(34)20-16-3-1-2-4-17(16)23(35)32(12-24(26,27)28)21(20)13-5-8-19(33)30-11-13/h1-9,11,20-21H,12H2,(H,30,33)(H,31,34)/t20-,21?/m0/s1. The van der Waals surface area contributed by atoms with E-state index in [-0.39, 0.29) is 27.9 Å². The number of anilines is 1. The van der Waals surface area contributed by atoms with Gasteiger partial charge in [-0.15, -0.1) is 0 Å². The summed E-state index contributed by atoms with van der Waals surface area (Å²) in [5.74, 6) is -4.23. The highest BCUT2D eigenvalue weighted by atomic mass is 19.4. The van der Waals surface area contributed by atoms with Crippen LogP contribution < -0.4 is 5.32 Å².